The van der Waals surface area contributed by atoms with E-state index in [0.717, 1.165) is 18.2 Å². The Kier molecular flexibility index (Phi) is 6.39. The van der Waals surface area contributed by atoms with E-state index in [1.165, 1.54) is 6.92 Å². The topological polar surface area (TPSA) is 54.4 Å². The molecule has 1 N–H and O–H groups in total. The zero-order valence-electron chi connectivity index (χ0n) is 12.7. The summed E-state index contributed by atoms with van der Waals surface area (Å²) in [5.41, 5.74) is -1.40. The lowest BCUT2D eigenvalue weighted by Gasteiger charge is -2.10. The van der Waals surface area contributed by atoms with Crippen molar-refractivity contribution in [2.45, 2.75) is 13.3 Å². The summed E-state index contributed by atoms with van der Waals surface area (Å²) >= 11 is 17.8. The Morgan fingerprint density at radius 2 is 1.65 bits per heavy atom. The van der Waals surface area contributed by atoms with E-state index in [4.69, 9.17) is 39.9 Å². The molecular formula is C16H8Cl3F3O3S. The van der Waals surface area contributed by atoms with E-state index in [0.29, 0.717) is 11.3 Å². The average molecular weight is 444 g/mol. The maximum Gasteiger partial charge on any atom is 0.346 e. The molecule has 1 heterocycles. The fourth-order valence-corrected chi connectivity index (χ4v) is 3.64. The number of hydrogen-bond acceptors (Lipinski definition) is 3. The summed E-state index contributed by atoms with van der Waals surface area (Å²) in [7, 11) is 0. The first kappa shape index (κ1) is 20.8. The van der Waals surface area contributed by atoms with Gasteiger partial charge in [-0.1, -0.05) is 34.8 Å². The third-order valence-electron chi connectivity index (χ3n) is 3.28. The van der Waals surface area contributed by atoms with E-state index in [1.54, 1.807) is 0 Å². The molecule has 0 fully saturated rings. The van der Waals surface area contributed by atoms with Gasteiger partial charge in [-0.25, -0.2) is 18.0 Å². The smallest absolute Gasteiger partial charge is 0.346 e. The molecule has 2 rings (SSSR count). The number of allylic oxidation sites excluding steroid dienone is 2. The zero-order chi connectivity index (χ0) is 19.8. The molecule has 2 aromatic rings. The van der Waals surface area contributed by atoms with Gasteiger partial charge in [0.1, 0.15) is 4.88 Å². The Balaban J connectivity index is 2.60. The first-order valence-corrected chi connectivity index (χ1v) is 8.70. The number of carboxylic acid groups (broad SMARTS) is 1. The summed E-state index contributed by atoms with van der Waals surface area (Å²) in [5.74, 6) is -4.39. The van der Waals surface area contributed by atoms with Crippen LogP contribution in [-0.2, 0) is 0 Å². The van der Waals surface area contributed by atoms with E-state index in [2.05, 4.69) is 0 Å². The van der Waals surface area contributed by atoms with Gasteiger partial charge in [0.15, 0.2) is 5.83 Å². The number of ketones is 1. The lowest BCUT2D eigenvalue weighted by atomic mass is 10.0. The quantitative estimate of drug-likeness (QED) is 0.324. The fourth-order valence-electron chi connectivity index (χ4n) is 2.10. The van der Waals surface area contributed by atoms with Crippen LogP contribution in [0, 0.1) is 6.92 Å². The molecule has 3 nitrogen and oxygen atoms in total. The van der Waals surface area contributed by atoms with Crippen molar-refractivity contribution in [1.29, 1.82) is 0 Å². The normalized spacial score (nSPS) is 12.3. The molecule has 10 heteroatoms. The standard InChI is InChI=1S/C16H8Cl3F3O3S/c1-5-2-9(26-14(5)16(24)25)13(23)12(20)10(15(21)22)6-3-7(17)11(19)8(18)4-6/h2-4,15H,1H3,(H,24,25). The molecule has 1 aromatic carbocycles. The second-order valence-electron chi connectivity index (χ2n) is 5.04. The van der Waals surface area contributed by atoms with Gasteiger partial charge < -0.3 is 5.11 Å². The number of rotatable bonds is 5. The predicted octanol–water partition coefficient (Wildman–Crippen LogP) is 6.54. The van der Waals surface area contributed by atoms with Crippen LogP contribution in [0.4, 0.5) is 13.2 Å². The maximum atomic E-state index is 14.6. The van der Waals surface area contributed by atoms with Crippen molar-refractivity contribution in [2.75, 3.05) is 0 Å². The van der Waals surface area contributed by atoms with Crippen LogP contribution in [0.3, 0.4) is 0 Å². The Labute approximate surface area is 164 Å². The zero-order valence-corrected chi connectivity index (χ0v) is 15.8. The molecule has 138 valence electrons. The maximum absolute atomic E-state index is 14.6. The predicted molar refractivity (Wildman–Crippen MR) is 95.8 cm³/mol. The molecule has 0 spiro atoms. The van der Waals surface area contributed by atoms with E-state index < -0.39 is 35.1 Å². The van der Waals surface area contributed by atoms with Crippen molar-refractivity contribution >= 4 is 63.5 Å². The minimum atomic E-state index is -3.35. The van der Waals surface area contributed by atoms with Crippen molar-refractivity contribution < 1.29 is 27.9 Å². The number of aryl methyl sites for hydroxylation is 1. The summed E-state index contributed by atoms with van der Waals surface area (Å²) in [6.07, 6.45) is -3.35. The van der Waals surface area contributed by atoms with Crippen LogP contribution in [0.1, 0.15) is 30.5 Å². The lowest BCUT2D eigenvalue weighted by Crippen LogP contribution is -2.06. The van der Waals surface area contributed by atoms with E-state index >= 15 is 0 Å². The molecule has 0 unspecified atom stereocenters. The Hall–Kier alpha value is -1.54. The van der Waals surface area contributed by atoms with Gasteiger partial charge in [0.2, 0.25) is 5.78 Å². The summed E-state index contributed by atoms with van der Waals surface area (Å²) in [5, 5.41) is 8.52. The summed E-state index contributed by atoms with van der Waals surface area (Å²) in [6.45, 7) is 1.41. The Morgan fingerprint density at radius 1 is 1.12 bits per heavy atom. The number of thiophene rings is 1. The Bertz CT molecular complexity index is 915. The van der Waals surface area contributed by atoms with E-state index in [9.17, 15) is 22.8 Å². The fraction of sp³-hybridized carbons (Fsp3) is 0.125. The van der Waals surface area contributed by atoms with Gasteiger partial charge in [-0.15, -0.1) is 11.3 Å². The van der Waals surface area contributed by atoms with Crippen molar-refractivity contribution in [2.24, 2.45) is 0 Å². The van der Waals surface area contributed by atoms with Crippen LogP contribution in [0.2, 0.25) is 15.1 Å². The molecule has 0 aliphatic rings. The first-order valence-electron chi connectivity index (χ1n) is 6.75. The van der Waals surface area contributed by atoms with Gasteiger partial charge in [-0.2, -0.15) is 0 Å². The monoisotopic (exact) mass is 442 g/mol. The largest absolute Gasteiger partial charge is 0.477 e. The van der Waals surface area contributed by atoms with Crippen LogP contribution >= 0.6 is 46.1 Å². The number of carboxylic acids is 1. The molecule has 0 amide bonds. The van der Waals surface area contributed by atoms with Gasteiger partial charge in [0.25, 0.3) is 6.43 Å². The number of Topliss-reactive ketones (excluding diaryl/α,β-unsaturated/α-hetero) is 1. The Morgan fingerprint density at radius 3 is 2.08 bits per heavy atom. The van der Waals surface area contributed by atoms with Crippen molar-refractivity contribution in [3.05, 3.63) is 60.0 Å². The second kappa shape index (κ2) is 8.00. The average Bonchev–Trinajstić information content (AvgIpc) is 2.93. The number of alkyl halides is 2. The summed E-state index contributed by atoms with van der Waals surface area (Å²) < 4.78 is 41.4. The third kappa shape index (κ3) is 4.06. The van der Waals surface area contributed by atoms with Crippen LogP contribution in [0.5, 0.6) is 0 Å². The lowest BCUT2D eigenvalue weighted by molar-refractivity contribution is 0.0701. The highest BCUT2D eigenvalue weighted by atomic mass is 35.5. The number of carbonyl (C=O) groups excluding carboxylic acids is 1. The molecule has 0 saturated heterocycles. The highest BCUT2D eigenvalue weighted by Gasteiger charge is 2.28. The van der Waals surface area contributed by atoms with Crippen LogP contribution < -0.4 is 0 Å². The molecule has 0 aliphatic carbocycles. The van der Waals surface area contributed by atoms with Crippen molar-refractivity contribution in [1.82, 2.24) is 0 Å². The van der Waals surface area contributed by atoms with Crippen molar-refractivity contribution in [3.8, 4) is 0 Å². The summed E-state index contributed by atoms with van der Waals surface area (Å²) in [6, 6.07) is 3.06. The van der Waals surface area contributed by atoms with Crippen LogP contribution in [-0.4, -0.2) is 23.3 Å². The number of benzene rings is 1. The van der Waals surface area contributed by atoms with E-state index in [1.807, 2.05) is 0 Å². The third-order valence-corrected chi connectivity index (χ3v) is 5.71. The number of aromatic carboxylic acids is 1. The highest BCUT2D eigenvalue weighted by Crippen LogP contribution is 2.37. The van der Waals surface area contributed by atoms with Gasteiger partial charge in [-0.05, 0) is 36.2 Å². The minimum Gasteiger partial charge on any atom is -0.477 e. The molecule has 26 heavy (non-hydrogen) atoms. The van der Waals surface area contributed by atoms with Gasteiger partial charge in [-0.3, -0.25) is 4.79 Å². The van der Waals surface area contributed by atoms with Gasteiger partial charge in [0.05, 0.1) is 25.5 Å². The van der Waals surface area contributed by atoms with Gasteiger partial charge >= 0.3 is 5.97 Å². The number of carbonyl (C=O) groups is 2. The summed E-state index contributed by atoms with van der Waals surface area (Å²) in [4.78, 5) is 22.8. The molecule has 0 bridgehead atoms. The second-order valence-corrected chi connectivity index (χ2v) is 7.28. The van der Waals surface area contributed by atoms with E-state index in [-0.39, 0.29) is 30.4 Å². The minimum absolute atomic E-state index is 0.0996. The molecular weight excluding hydrogens is 436 g/mol. The molecule has 0 atom stereocenters. The molecule has 0 radical (unpaired) electrons. The number of halogens is 6. The van der Waals surface area contributed by atoms with Crippen LogP contribution in [0.15, 0.2) is 24.0 Å². The molecule has 1 aromatic heterocycles. The number of hydrogen-bond donors (Lipinski definition) is 1. The highest BCUT2D eigenvalue weighted by molar-refractivity contribution is 7.16. The van der Waals surface area contributed by atoms with Crippen LogP contribution in [0.25, 0.3) is 5.57 Å². The SMILES string of the molecule is Cc1cc(C(=O)C(F)=C(c2cc(Cl)c(Cl)c(Cl)c2)C(F)F)sc1C(=O)O. The first-order chi connectivity index (χ1) is 12.0. The molecule has 0 saturated carbocycles. The van der Waals surface area contributed by atoms with Gasteiger partial charge in [0, 0.05) is 0 Å². The molecule has 0 aliphatic heterocycles. The van der Waals surface area contributed by atoms with Crippen molar-refractivity contribution in [3.63, 3.8) is 0 Å².